The third-order valence-electron chi connectivity index (χ3n) is 5.96. The summed E-state index contributed by atoms with van der Waals surface area (Å²) in [5.41, 5.74) is 7.88. The summed E-state index contributed by atoms with van der Waals surface area (Å²) >= 11 is 0. The summed E-state index contributed by atoms with van der Waals surface area (Å²) in [4.78, 5) is 24.6. The molecule has 9 heteroatoms. The van der Waals surface area contributed by atoms with Crippen LogP contribution in [-0.2, 0) is 33.1 Å². The fraction of sp³-hybridized carbons (Fsp3) is 0.364. The molecular weight excluding hydrogens is 416 g/mol. The molecule has 0 saturated heterocycles. The fourth-order valence-corrected chi connectivity index (χ4v) is 5.51. The number of benzene rings is 1. The van der Waals surface area contributed by atoms with Crippen LogP contribution in [0.3, 0.4) is 0 Å². The van der Waals surface area contributed by atoms with Crippen molar-refractivity contribution in [2.75, 3.05) is 12.4 Å². The van der Waals surface area contributed by atoms with Crippen molar-refractivity contribution in [3.8, 4) is 0 Å². The molecule has 1 spiro atoms. The number of rotatable bonds is 3. The van der Waals surface area contributed by atoms with E-state index < -0.39 is 20.1 Å². The first kappa shape index (κ1) is 21.2. The minimum Gasteiger partial charge on any atom is -0.386 e. The predicted molar refractivity (Wildman–Crippen MR) is 116 cm³/mol. The quantitative estimate of drug-likeness (QED) is 0.581. The van der Waals surface area contributed by atoms with Gasteiger partial charge in [-0.25, -0.2) is 13.3 Å². The van der Waals surface area contributed by atoms with Gasteiger partial charge in [0.2, 0.25) is 5.69 Å². The molecule has 1 aromatic heterocycles. The maximum absolute atomic E-state index is 13.0. The molecule has 0 saturated carbocycles. The average molecular weight is 439 g/mol. The van der Waals surface area contributed by atoms with Crippen molar-refractivity contribution in [1.82, 2.24) is 4.98 Å². The standard InChI is InChI=1S/C22H22N4O4S/c1-21(2)20(23)26-22(13-31(21,28)29)12-30-11-15-5-4-14(8-17(15)22)9-19(27)18-7-6-16(24-3)10-25-18/h4-8,10H,9,11-13H2,1-2H3,(H2,23,26)/t22-/m0/s1. The monoisotopic (exact) mass is 438 g/mol. The second-order valence-electron chi connectivity index (χ2n) is 8.40. The van der Waals surface area contributed by atoms with E-state index in [1.807, 2.05) is 18.2 Å². The molecule has 0 aliphatic carbocycles. The molecule has 0 fully saturated rings. The third-order valence-corrected chi connectivity index (χ3v) is 8.58. The maximum Gasteiger partial charge on any atom is 0.205 e. The van der Waals surface area contributed by atoms with Crippen molar-refractivity contribution < 1.29 is 17.9 Å². The van der Waals surface area contributed by atoms with Gasteiger partial charge in [0, 0.05) is 12.6 Å². The number of nitrogens with zero attached hydrogens (tertiary/aromatic N) is 3. The Labute approximate surface area is 180 Å². The highest BCUT2D eigenvalue weighted by atomic mass is 32.2. The molecule has 1 aromatic carbocycles. The minimum atomic E-state index is -3.58. The number of pyridine rings is 1. The second kappa shape index (κ2) is 7.25. The zero-order chi connectivity index (χ0) is 22.4. The van der Waals surface area contributed by atoms with Gasteiger partial charge in [-0.05, 0) is 36.6 Å². The van der Waals surface area contributed by atoms with E-state index in [9.17, 15) is 13.2 Å². The first-order valence-corrected chi connectivity index (χ1v) is 11.4. The number of nitrogens with two attached hydrogens (primary N) is 1. The Morgan fingerprint density at radius 3 is 2.71 bits per heavy atom. The van der Waals surface area contributed by atoms with Crippen LogP contribution in [0, 0.1) is 6.57 Å². The number of hydrogen-bond donors (Lipinski definition) is 1. The maximum atomic E-state index is 13.0. The first-order chi connectivity index (χ1) is 14.6. The van der Waals surface area contributed by atoms with Crippen LogP contribution in [0.25, 0.3) is 4.85 Å². The lowest BCUT2D eigenvalue weighted by molar-refractivity contribution is 0.0609. The van der Waals surface area contributed by atoms with Gasteiger partial charge < -0.3 is 10.5 Å². The van der Waals surface area contributed by atoms with E-state index in [1.54, 1.807) is 19.9 Å². The zero-order valence-electron chi connectivity index (χ0n) is 17.3. The highest BCUT2D eigenvalue weighted by Crippen LogP contribution is 2.41. The smallest absolute Gasteiger partial charge is 0.205 e. The molecule has 4 rings (SSSR count). The molecule has 2 aliphatic rings. The molecule has 0 bridgehead atoms. The number of sulfone groups is 1. The van der Waals surface area contributed by atoms with Crippen molar-refractivity contribution >= 4 is 27.1 Å². The largest absolute Gasteiger partial charge is 0.386 e. The predicted octanol–water partition coefficient (Wildman–Crippen LogP) is 2.35. The summed E-state index contributed by atoms with van der Waals surface area (Å²) in [5.74, 6) is -0.351. The van der Waals surface area contributed by atoms with E-state index >= 15 is 0 Å². The van der Waals surface area contributed by atoms with Crippen molar-refractivity contribution in [3.05, 3.63) is 70.3 Å². The van der Waals surface area contributed by atoms with E-state index in [0.717, 1.165) is 16.7 Å². The van der Waals surface area contributed by atoms with Gasteiger partial charge in [0.25, 0.3) is 0 Å². The van der Waals surface area contributed by atoms with Crippen LogP contribution in [0.5, 0.6) is 0 Å². The highest BCUT2D eigenvalue weighted by Gasteiger charge is 2.52. The Kier molecular flexibility index (Phi) is 4.95. The number of carbonyl (C=O) groups excluding carboxylic acids is 1. The van der Waals surface area contributed by atoms with Crippen LogP contribution in [0.4, 0.5) is 5.69 Å². The second-order valence-corrected chi connectivity index (χ2v) is 10.9. The van der Waals surface area contributed by atoms with Crippen molar-refractivity contribution in [2.24, 2.45) is 10.7 Å². The Morgan fingerprint density at radius 1 is 1.29 bits per heavy atom. The number of Topliss-reactive ketones (excluding diaryl/α,β-unsaturated/α-hetero) is 1. The van der Waals surface area contributed by atoms with Gasteiger partial charge in [-0.1, -0.05) is 24.3 Å². The Balaban J connectivity index is 1.71. The summed E-state index contributed by atoms with van der Waals surface area (Å²) < 4.78 is 30.4. The number of aromatic nitrogens is 1. The molecule has 2 aliphatic heterocycles. The van der Waals surface area contributed by atoms with Gasteiger partial charge in [-0.3, -0.25) is 14.8 Å². The number of amidine groups is 1. The van der Waals surface area contributed by atoms with Crippen LogP contribution in [0.2, 0.25) is 0 Å². The van der Waals surface area contributed by atoms with Crippen LogP contribution >= 0.6 is 0 Å². The third kappa shape index (κ3) is 3.52. The summed E-state index contributed by atoms with van der Waals surface area (Å²) in [6.07, 6.45) is 1.46. The highest BCUT2D eigenvalue weighted by molar-refractivity contribution is 7.93. The van der Waals surface area contributed by atoms with Gasteiger partial charge in [0.15, 0.2) is 15.6 Å². The molecule has 0 unspecified atom stereocenters. The molecule has 2 aromatic rings. The number of ether oxygens (including phenoxy) is 1. The van der Waals surface area contributed by atoms with Gasteiger partial charge in [-0.2, -0.15) is 0 Å². The normalized spacial score (nSPS) is 23.5. The van der Waals surface area contributed by atoms with Gasteiger partial charge >= 0.3 is 0 Å². The zero-order valence-corrected chi connectivity index (χ0v) is 18.1. The van der Waals surface area contributed by atoms with Crippen LogP contribution < -0.4 is 5.73 Å². The lowest BCUT2D eigenvalue weighted by Crippen LogP contribution is -2.57. The lowest BCUT2D eigenvalue weighted by Gasteiger charge is -2.42. The average Bonchev–Trinajstić information content (AvgIpc) is 2.73. The first-order valence-electron chi connectivity index (χ1n) is 9.73. The molecule has 3 heterocycles. The molecule has 160 valence electrons. The minimum absolute atomic E-state index is 0.0563. The van der Waals surface area contributed by atoms with Crippen molar-refractivity contribution in [3.63, 3.8) is 0 Å². The van der Waals surface area contributed by atoms with E-state index in [0.29, 0.717) is 12.3 Å². The summed E-state index contributed by atoms with van der Waals surface area (Å²) in [6.45, 7) is 10.5. The number of carbonyl (C=O) groups is 1. The molecule has 1 atom stereocenters. The molecular formula is C22H22N4O4S. The van der Waals surface area contributed by atoms with Crippen molar-refractivity contribution in [2.45, 2.75) is 37.2 Å². The molecule has 8 nitrogen and oxygen atoms in total. The van der Waals surface area contributed by atoms with Gasteiger partial charge in [0.05, 0.1) is 25.5 Å². The Bertz CT molecular complexity index is 1240. The molecule has 0 radical (unpaired) electrons. The van der Waals surface area contributed by atoms with Gasteiger partial charge in [0.1, 0.15) is 21.8 Å². The summed E-state index contributed by atoms with van der Waals surface area (Å²) in [6, 6.07) is 8.57. The fourth-order valence-electron chi connectivity index (χ4n) is 3.86. The topological polar surface area (TPSA) is 116 Å². The van der Waals surface area contributed by atoms with E-state index in [4.69, 9.17) is 17.0 Å². The lowest BCUT2D eigenvalue weighted by atomic mass is 9.85. The van der Waals surface area contributed by atoms with E-state index in [2.05, 4.69) is 14.8 Å². The van der Waals surface area contributed by atoms with Gasteiger partial charge in [-0.15, -0.1) is 0 Å². The van der Waals surface area contributed by atoms with E-state index in [-0.39, 0.29) is 36.1 Å². The molecule has 0 amide bonds. The van der Waals surface area contributed by atoms with Crippen molar-refractivity contribution in [1.29, 1.82) is 0 Å². The molecule has 2 N–H and O–H groups in total. The van der Waals surface area contributed by atoms with Crippen LogP contribution in [-0.4, -0.2) is 42.1 Å². The molecule has 31 heavy (non-hydrogen) atoms. The number of fused-ring (bicyclic) bond motifs is 2. The summed E-state index contributed by atoms with van der Waals surface area (Å²) in [5, 5.41) is 0. The Morgan fingerprint density at radius 2 is 2.06 bits per heavy atom. The Hall–Kier alpha value is -3.09. The number of aliphatic imine (C=N–C) groups is 1. The summed E-state index contributed by atoms with van der Waals surface area (Å²) in [7, 11) is -3.58. The van der Waals surface area contributed by atoms with Crippen LogP contribution in [0.1, 0.15) is 41.0 Å². The van der Waals surface area contributed by atoms with E-state index in [1.165, 1.54) is 12.3 Å². The van der Waals surface area contributed by atoms with Crippen LogP contribution in [0.15, 0.2) is 41.5 Å². The number of ketones is 1. The SMILES string of the molecule is [C-]#[N+]c1ccc(C(=O)Cc2ccc3c(c2)[C@]2(COC3)CS(=O)(=O)C(C)(C)C(N)=N2)nc1. The number of hydrogen-bond acceptors (Lipinski definition) is 7.